The summed E-state index contributed by atoms with van der Waals surface area (Å²) in [6, 6.07) is 12.7. The highest BCUT2D eigenvalue weighted by Crippen LogP contribution is 2.39. The molecule has 0 N–H and O–H groups in total. The SMILES string of the molecule is O=C1OC(c2ccccc2)=N/C1=C\c1cc(Cl)c2c(c1)OCCO2. The van der Waals surface area contributed by atoms with Crippen LogP contribution in [0.5, 0.6) is 11.5 Å². The highest BCUT2D eigenvalue weighted by Gasteiger charge is 2.24. The first-order valence-corrected chi connectivity index (χ1v) is 7.75. The maximum absolute atomic E-state index is 12.0. The molecule has 6 heteroatoms. The van der Waals surface area contributed by atoms with Crippen molar-refractivity contribution in [2.75, 3.05) is 13.2 Å². The van der Waals surface area contributed by atoms with Crippen LogP contribution in [-0.2, 0) is 9.53 Å². The summed E-state index contributed by atoms with van der Waals surface area (Å²) in [5, 5.41) is 0.428. The molecule has 0 aliphatic carbocycles. The van der Waals surface area contributed by atoms with E-state index in [0.717, 1.165) is 5.56 Å². The fourth-order valence-electron chi connectivity index (χ4n) is 2.49. The summed E-state index contributed by atoms with van der Waals surface area (Å²) in [5.74, 6) is 0.863. The predicted octanol–water partition coefficient (Wildman–Crippen LogP) is 3.46. The van der Waals surface area contributed by atoms with Crippen molar-refractivity contribution in [3.05, 3.63) is 64.3 Å². The maximum Gasteiger partial charge on any atom is 0.363 e. The van der Waals surface area contributed by atoms with Crippen LogP contribution in [0.3, 0.4) is 0 Å². The number of cyclic esters (lactones) is 1. The summed E-state index contributed by atoms with van der Waals surface area (Å²) in [6.45, 7) is 0.923. The molecule has 120 valence electrons. The number of aliphatic imine (C=N–C) groups is 1. The largest absolute Gasteiger partial charge is 0.486 e. The van der Waals surface area contributed by atoms with E-state index in [2.05, 4.69) is 4.99 Å². The lowest BCUT2D eigenvalue weighted by atomic mass is 10.1. The standard InChI is InChI=1S/C18H12ClNO4/c19-13-8-11(10-15-16(13)23-7-6-22-15)9-14-18(21)24-17(20-14)12-4-2-1-3-5-12/h1-5,8-10H,6-7H2/b14-9-. The van der Waals surface area contributed by atoms with Gasteiger partial charge in [0.2, 0.25) is 5.90 Å². The Kier molecular flexibility index (Phi) is 3.70. The Bertz CT molecular complexity index is 874. The number of ether oxygens (including phenoxy) is 3. The Hall–Kier alpha value is -2.79. The number of hydrogen-bond acceptors (Lipinski definition) is 5. The van der Waals surface area contributed by atoms with E-state index in [1.807, 2.05) is 30.3 Å². The Morgan fingerprint density at radius 1 is 1.08 bits per heavy atom. The lowest BCUT2D eigenvalue weighted by Gasteiger charge is -2.19. The van der Waals surface area contributed by atoms with Crippen LogP contribution < -0.4 is 9.47 Å². The van der Waals surface area contributed by atoms with Gasteiger partial charge in [-0.05, 0) is 35.9 Å². The first-order valence-electron chi connectivity index (χ1n) is 7.38. The van der Waals surface area contributed by atoms with Gasteiger partial charge in [-0.2, -0.15) is 0 Å². The summed E-state index contributed by atoms with van der Waals surface area (Å²) in [6.07, 6.45) is 1.61. The van der Waals surface area contributed by atoms with Crippen LogP contribution >= 0.6 is 11.6 Å². The van der Waals surface area contributed by atoms with Gasteiger partial charge in [0.15, 0.2) is 17.2 Å². The fourth-order valence-corrected chi connectivity index (χ4v) is 2.76. The molecular weight excluding hydrogens is 330 g/mol. The number of halogens is 1. The second-order valence-corrected chi connectivity index (χ2v) is 5.64. The van der Waals surface area contributed by atoms with Crippen LogP contribution in [0.25, 0.3) is 6.08 Å². The van der Waals surface area contributed by atoms with Crippen molar-refractivity contribution in [3.63, 3.8) is 0 Å². The third kappa shape index (κ3) is 2.74. The molecule has 0 unspecified atom stereocenters. The van der Waals surface area contributed by atoms with Crippen LogP contribution in [0, 0.1) is 0 Å². The lowest BCUT2D eigenvalue weighted by Crippen LogP contribution is -2.15. The second-order valence-electron chi connectivity index (χ2n) is 5.23. The molecule has 2 aliphatic heterocycles. The van der Waals surface area contributed by atoms with E-state index in [1.54, 1.807) is 18.2 Å². The molecule has 0 bridgehead atoms. The lowest BCUT2D eigenvalue weighted by molar-refractivity contribution is -0.129. The Morgan fingerprint density at radius 2 is 1.88 bits per heavy atom. The number of carbonyl (C=O) groups excluding carboxylic acids is 1. The number of esters is 1. The fraction of sp³-hybridized carbons (Fsp3) is 0.111. The maximum atomic E-state index is 12.0. The van der Waals surface area contributed by atoms with E-state index in [0.29, 0.717) is 35.3 Å². The molecule has 2 aromatic rings. The van der Waals surface area contributed by atoms with Gasteiger partial charge in [-0.1, -0.05) is 29.8 Å². The van der Waals surface area contributed by atoms with Crippen molar-refractivity contribution < 1.29 is 19.0 Å². The third-order valence-electron chi connectivity index (χ3n) is 3.56. The Labute approximate surface area is 143 Å². The van der Waals surface area contributed by atoms with E-state index >= 15 is 0 Å². The molecular formula is C18H12ClNO4. The normalized spacial score (nSPS) is 17.6. The van der Waals surface area contributed by atoms with E-state index in [9.17, 15) is 4.79 Å². The van der Waals surface area contributed by atoms with Crippen molar-refractivity contribution in [2.45, 2.75) is 0 Å². The highest BCUT2D eigenvalue weighted by molar-refractivity contribution is 6.32. The molecule has 0 spiro atoms. The van der Waals surface area contributed by atoms with E-state index in [1.165, 1.54) is 0 Å². The summed E-state index contributed by atoms with van der Waals surface area (Å²) in [4.78, 5) is 16.3. The highest BCUT2D eigenvalue weighted by atomic mass is 35.5. The molecule has 2 aliphatic rings. The van der Waals surface area contributed by atoms with Gasteiger partial charge in [-0.3, -0.25) is 0 Å². The van der Waals surface area contributed by atoms with Crippen LogP contribution in [0.4, 0.5) is 0 Å². The topological polar surface area (TPSA) is 57.1 Å². The number of benzene rings is 2. The number of fused-ring (bicyclic) bond motifs is 1. The minimum absolute atomic E-state index is 0.210. The average Bonchev–Trinajstić information content (AvgIpc) is 2.96. The molecule has 2 aromatic carbocycles. The van der Waals surface area contributed by atoms with Gasteiger partial charge in [0, 0.05) is 5.56 Å². The zero-order valence-electron chi connectivity index (χ0n) is 12.5. The summed E-state index contributed by atoms with van der Waals surface area (Å²) in [5.41, 5.74) is 1.64. The van der Waals surface area contributed by atoms with Crippen molar-refractivity contribution >= 4 is 29.5 Å². The summed E-state index contributed by atoms with van der Waals surface area (Å²) < 4.78 is 16.2. The van der Waals surface area contributed by atoms with Crippen LogP contribution in [0.2, 0.25) is 5.02 Å². The van der Waals surface area contributed by atoms with Gasteiger partial charge in [-0.15, -0.1) is 0 Å². The zero-order chi connectivity index (χ0) is 16.5. The second kappa shape index (κ2) is 6.02. The van der Waals surface area contributed by atoms with Gasteiger partial charge in [0.25, 0.3) is 0 Å². The number of rotatable bonds is 2. The van der Waals surface area contributed by atoms with Gasteiger partial charge in [0.05, 0.1) is 5.02 Å². The Morgan fingerprint density at radius 3 is 2.71 bits per heavy atom. The van der Waals surface area contributed by atoms with Crippen molar-refractivity contribution in [1.29, 1.82) is 0 Å². The quantitative estimate of drug-likeness (QED) is 0.620. The van der Waals surface area contributed by atoms with Crippen LogP contribution in [-0.4, -0.2) is 25.1 Å². The Balaban J connectivity index is 1.69. The number of carbonyl (C=O) groups is 1. The van der Waals surface area contributed by atoms with E-state index in [4.69, 9.17) is 25.8 Å². The monoisotopic (exact) mass is 341 g/mol. The van der Waals surface area contributed by atoms with Crippen LogP contribution in [0.15, 0.2) is 53.2 Å². The molecule has 4 rings (SSSR count). The van der Waals surface area contributed by atoms with E-state index < -0.39 is 5.97 Å². The van der Waals surface area contributed by atoms with Gasteiger partial charge in [-0.25, -0.2) is 9.79 Å². The minimum Gasteiger partial charge on any atom is -0.486 e. The van der Waals surface area contributed by atoms with Crippen molar-refractivity contribution in [2.24, 2.45) is 4.99 Å². The molecule has 24 heavy (non-hydrogen) atoms. The number of hydrogen-bond donors (Lipinski definition) is 0. The first-order chi connectivity index (χ1) is 11.7. The molecule has 0 saturated carbocycles. The molecule has 0 radical (unpaired) electrons. The molecule has 0 aromatic heterocycles. The smallest absolute Gasteiger partial charge is 0.363 e. The predicted molar refractivity (Wildman–Crippen MR) is 89.5 cm³/mol. The van der Waals surface area contributed by atoms with E-state index in [-0.39, 0.29) is 11.6 Å². The number of nitrogens with zero attached hydrogens (tertiary/aromatic N) is 1. The van der Waals surface area contributed by atoms with Gasteiger partial charge >= 0.3 is 5.97 Å². The minimum atomic E-state index is -0.500. The van der Waals surface area contributed by atoms with Crippen molar-refractivity contribution in [1.82, 2.24) is 0 Å². The first kappa shape index (κ1) is 14.8. The molecule has 5 nitrogen and oxygen atoms in total. The molecule has 0 atom stereocenters. The molecule has 2 heterocycles. The summed E-state index contributed by atoms with van der Waals surface area (Å²) >= 11 is 6.21. The van der Waals surface area contributed by atoms with Gasteiger partial charge in [0.1, 0.15) is 13.2 Å². The molecule has 0 amide bonds. The summed E-state index contributed by atoms with van der Waals surface area (Å²) in [7, 11) is 0. The molecule has 0 fully saturated rings. The van der Waals surface area contributed by atoms with Crippen molar-refractivity contribution in [3.8, 4) is 11.5 Å². The zero-order valence-corrected chi connectivity index (χ0v) is 13.2. The average molecular weight is 342 g/mol. The molecule has 0 saturated heterocycles. The third-order valence-corrected chi connectivity index (χ3v) is 3.84. The van der Waals surface area contributed by atoms with Gasteiger partial charge < -0.3 is 14.2 Å². The van der Waals surface area contributed by atoms with Crippen LogP contribution in [0.1, 0.15) is 11.1 Å².